The second-order valence-electron chi connectivity index (χ2n) is 2.63. The van der Waals surface area contributed by atoms with Crippen molar-refractivity contribution in [3.63, 3.8) is 0 Å². The Hall–Kier alpha value is -0.340. The van der Waals surface area contributed by atoms with E-state index in [0.717, 1.165) is 0 Å². The Morgan fingerprint density at radius 3 is 1.80 bits per heavy atom. The quantitative estimate of drug-likeness (QED) is 0.235. The average molecular weight is 246 g/mol. The van der Waals surface area contributed by atoms with E-state index in [4.69, 9.17) is 34.6 Å². The number of aliphatic hydroxyl groups excluding tert-OH is 3. The van der Waals surface area contributed by atoms with E-state index in [9.17, 15) is 4.79 Å². The molecule has 0 aromatic carbocycles. The van der Waals surface area contributed by atoms with Gasteiger partial charge in [-0.2, -0.15) is 0 Å². The fraction of sp³-hybridized carbons (Fsp3) is 0.833. The van der Waals surface area contributed by atoms with Gasteiger partial charge in [0.2, 0.25) is 0 Å². The molecule has 15 heavy (non-hydrogen) atoms. The van der Waals surface area contributed by atoms with E-state index in [2.05, 4.69) is 0 Å². The van der Waals surface area contributed by atoms with Crippen LogP contribution in [0.3, 0.4) is 0 Å². The molecule has 2 atom stereocenters. The van der Waals surface area contributed by atoms with Crippen molar-refractivity contribution >= 4 is 14.1 Å². The number of carbonyl (C=O) groups excluding carboxylic acids is 1. The van der Waals surface area contributed by atoms with Gasteiger partial charge in [-0.25, -0.2) is 4.57 Å². The van der Waals surface area contributed by atoms with Crippen LogP contribution in [0.5, 0.6) is 0 Å². The minimum Gasteiger partial charge on any atom is -0.394 e. The average Bonchev–Trinajstić information content (AvgIpc) is 2.10. The number of hydrogen-bond acceptors (Lipinski definition) is 5. The topological polar surface area (TPSA) is 156 Å². The highest BCUT2D eigenvalue weighted by atomic mass is 31.2. The molecule has 0 bridgehead atoms. The van der Waals surface area contributed by atoms with Gasteiger partial charge >= 0.3 is 7.82 Å². The first kappa shape index (κ1) is 17.1. The predicted molar refractivity (Wildman–Crippen MR) is 48.7 cm³/mol. The van der Waals surface area contributed by atoms with Gasteiger partial charge in [0.25, 0.3) is 0 Å². The van der Waals surface area contributed by atoms with Gasteiger partial charge in [-0.3, -0.25) is 0 Å². The molecule has 0 aromatic rings. The Morgan fingerprint density at radius 2 is 1.53 bits per heavy atom. The number of aliphatic hydroxyl groups is 3. The molecule has 0 amide bonds. The Balaban J connectivity index is 0. The van der Waals surface area contributed by atoms with Crippen LogP contribution in [-0.4, -0.2) is 55.1 Å². The number of phosphoric acid groups is 1. The summed E-state index contributed by atoms with van der Waals surface area (Å²) in [4.78, 5) is 31.4. The minimum absolute atomic E-state index is 0.200. The fourth-order valence-corrected chi connectivity index (χ4v) is 0.522. The van der Waals surface area contributed by atoms with Gasteiger partial charge in [-0.15, -0.1) is 0 Å². The molecule has 8 nitrogen and oxygen atoms in total. The van der Waals surface area contributed by atoms with Crippen LogP contribution in [0.2, 0.25) is 0 Å². The van der Waals surface area contributed by atoms with Gasteiger partial charge in [0.1, 0.15) is 12.4 Å². The second kappa shape index (κ2) is 8.93. The summed E-state index contributed by atoms with van der Waals surface area (Å²) in [6.45, 7) is -0.328. The summed E-state index contributed by atoms with van der Waals surface area (Å²) < 4.78 is 8.88. The predicted octanol–water partition coefficient (Wildman–Crippen LogP) is -2.25. The fourth-order valence-electron chi connectivity index (χ4n) is 0.522. The highest BCUT2D eigenvalue weighted by Crippen LogP contribution is 2.25. The van der Waals surface area contributed by atoms with Gasteiger partial charge in [0, 0.05) is 0 Å². The molecule has 0 aliphatic carbocycles. The molecule has 6 N–H and O–H groups in total. The molecule has 0 aliphatic heterocycles. The molecule has 9 heteroatoms. The number of carbonyl (C=O) groups is 1. The van der Waals surface area contributed by atoms with Crippen molar-refractivity contribution in [2.24, 2.45) is 0 Å². The monoisotopic (exact) mass is 246 g/mol. The maximum Gasteiger partial charge on any atom is 0.466 e. The zero-order valence-corrected chi connectivity index (χ0v) is 8.69. The Morgan fingerprint density at radius 1 is 1.13 bits per heavy atom. The van der Waals surface area contributed by atoms with Gasteiger partial charge in [0.05, 0.1) is 12.7 Å². The van der Waals surface area contributed by atoms with Gasteiger partial charge in [0.15, 0.2) is 0 Å². The molecule has 0 aromatic heterocycles. The minimum atomic E-state index is -4.64. The van der Waals surface area contributed by atoms with Crippen LogP contribution in [0.1, 0.15) is 12.8 Å². The first-order valence-electron chi connectivity index (χ1n) is 3.91. The largest absolute Gasteiger partial charge is 0.466 e. The van der Waals surface area contributed by atoms with E-state index in [0.29, 0.717) is 6.29 Å². The highest BCUT2D eigenvalue weighted by molar-refractivity contribution is 7.45. The molecule has 0 heterocycles. The third-order valence-electron chi connectivity index (χ3n) is 1.16. The standard InChI is InChI=1S/C6H12O4.H3O4P/c7-3-5(9)1-2-6(10)4-8;1-5(2,3)4/h3,5-6,8-10H,1-2,4H2;(H3,1,2,3,4)/t5-,6+;/m1./s1. The Kier molecular flexibility index (Phi) is 10.2. The van der Waals surface area contributed by atoms with Crippen LogP contribution < -0.4 is 0 Å². The summed E-state index contributed by atoms with van der Waals surface area (Å²) in [6, 6.07) is 0. The molecule has 0 saturated heterocycles. The van der Waals surface area contributed by atoms with Crippen molar-refractivity contribution < 1.29 is 39.4 Å². The van der Waals surface area contributed by atoms with Crippen LogP contribution in [0.15, 0.2) is 0 Å². The molecule has 0 fully saturated rings. The Labute approximate surface area is 86.0 Å². The lowest BCUT2D eigenvalue weighted by molar-refractivity contribution is -0.115. The lowest BCUT2D eigenvalue weighted by Crippen LogP contribution is -2.16. The van der Waals surface area contributed by atoms with Gasteiger partial charge in [-0.05, 0) is 12.8 Å². The molecule has 0 rings (SSSR count). The third kappa shape index (κ3) is 24.8. The van der Waals surface area contributed by atoms with Crippen LogP contribution in [0.4, 0.5) is 0 Å². The lowest BCUT2D eigenvalue weighted by atomic mass is 10.1. The summed E-state index contributed by atoms with van der Waals surface area (Å²) in [7, 11) is -4.64. The number of rotatable bonds is 5. The summed E-state index contributed by atoms with van der Waals surface area (Å²) in [6.07, 6.45) is -0.984. The van der Waals surface area contributed by atoms with E-state index < -0.39 is 20.0 Å². The molecular weight excluding hydrogens is 231 g/mol. The lowest BCUT2D eigenvalue weighted by Gasteiger charge is -2.06. The van der Waals surface area contributed by atoms with Crippen molar-refractivity contribution in [2.45, 2.75) is 25.0 Å². The summed E-state index contributed by atoms with van der Waals surface area (Å²) in [5.74, 6) is 0. The second-order valence-corrected chi connectivity index (χ2v) is 3.66. The summed E-state index contributed by atoms with van der Waals surface area (Å²) in [5, 5.41) is 25.7. The highest BCUT2D eigenvalue weighted by Gasteiger charge is 2.06. The van der Waals surface area contributed by atoms with E-state index >= 15 is 0 Å². The van der Waals surface area contributed by atoms with Crippen molar-refractivity contribution in [3.8, 4) is 0 Å². The maximum absolute atomic E-state index is 9.81. The first-order chi connectivity index (χ1) is 6.70. The van der Waals surface area contributed by atoms with Gasteiger partial charge < -0.3 is 34.8 Å². The normalized spacial score (nSPS) is 14.8. The van der Waals surface area contributed by atoms with Crippen molar-refractivity contribution in [1.29, 1.82) is 0 Å². The smallest absolute Gasteiger partial charge is 0.394 e. The molecule has 0 spiro atoms. The van der Waals surface area contributed by atoms with E-state index in [1.165, 1.54) is 0 Å². The Bertz CT molecular complexity index is 193. The van der Waals surface area contributed by atoms with Crippen LogP contribution in [0.25, 0.3) is 0 Å². The third-order valence-corrected chi connectivity index (χ3v) is 1.16. The van der Waals surface area contributed by atoms with Crippen molar-refractivity contribution in [3.05, 3.63) is 0 Å². The summed E-state index contributed by atoms with van der Waals surface area (Å²) >= 11 is 0. The first-order valence-corrected chi connectivity index (χ1v) is 5.47. The molecule has 0 saturated carbocycles. The number of aldehydes is 1. The zero-order chi connectivity index (χ0) is 12.5. The molecular formula is C6H15O8P. The molecule has 0 aliphatic rings. The van der Waals surface area contributed by atoms with E-state index in [1.54, 1.807) is 0 Å². The molecule has 0 radical (unpaired) electrons. The zero-order valence-electron chi connectivity index (χ0n) is 7.80. The summed E-state index contributed by atoms with van der Waals surface area (Å²) in [5.41, 5.74) is 0. The van der Waals surface area contributed by atoms with Crippen LogP contribution in [0, 0.1) is 0 Å². The maximum atomic E-state index is 9.81. The number of hydrogen-bond donors (Lipinski definition) is 6. The molecule has 0 unspecified atom stereocenters. The van der Waals surface area contributed by atoms with Crippen molar-refractivity contribution in [1.82, 2.24) is 0 Å². The molecule has 92 valence electrons. The van der Waals surface area contributed by atoms with Crippen molar-refractivity contribution in [2.75, 3.05) is 6.61 Å². The van der Waals surface area contributed by atoms with Gasteiger partial charge in [-0.1, -0.05) is 0 Å². The van der Waals surface area contributed by atoms with E-state index in [1.807, 2.05) is 0 Å². The van der Waals surface area contributed by atoms with Crippen LogP contribution >= 0.6 is 7.82 Å². The van der Waals surface area contributed by atoms with E-state index in [-0.39, 0.29) is 19.4 Å². The SMILES string of the molecule is O=C[C@H](O)CC[C@H](O)CO.O=P(O)(O)O. The van der Waals surface area contributed by atoms with Crippen LogP contribution in [-0.2, 0) is 9.36 Å².